The molecule has 0 bridgehead atoms. The Kier molecular flexibility index (Phi) is 9.18. The Hall–Kier alpha value is -4.51. The van der Waals surface area contributed by atoms with Crippen molar-refractivity contribution >= 4 is 45.9 Å². The molecule has 2 heterocycles. The third kappa shape index (κ3) is 5.99. The quantitative estimate of drug-likeness (QED) is 0.113. The number of carbonyl (C=O) groups excluding carboxylic acids is 4. The predicted molar refractivity (Wildman–Crippen MR) is 152 cm³/mol. The number of carbonyl (C=O) groups is 4. The number of hydrogen-bond donors (Lipinski definition) is 1. The van der Waals surface area contributed by atoms with Gasteiger partial charge in [-0.1, -0.05) is 36.8 Å². The van der Waals surface area contributed by atoms with Crippen molar-refractivity contribution in [3.05, 3.63) is 81.4 Å². The van der Waals surface area contributed by atoms with Crippen LogP contribution in [0.25, 0.3) is 5.76 Å². The van der Waals surface area contributed by atoms with Crippen molar-refractivity contribution < 1.29 is 38.5 Å². The van der Waals surface area contributed by atoms with Crippen molar-refractivity contribution in [3.8, 4) is 5.75 Å². The standard InChI is InChI=1S/C30H30N2O8S/c1-5-7-16-40-21-14-12-19(13-15-21)24(33)22-23(18-8-10-20(11-9-18)28(36)38-4)32(27(35)25(22)34)30-31-17(3)26(41-30)29(37)39-6-2/h8-15,23,33H,5-7,16H2,1-4H3. The lowest BCUT2D eigenvalue weighted by Crippen LogP contribution is -2.29. The SMILES string of the molecule is CCCCOc1ccc(C(O)=C2C(=O)C(=O)N(c3nc(C)c(C(=O)OCC)s3)C2c2ccc(C(=O)OC)cc2)cc1. The number of rotatable bonds is 10. The van der Waals surface area contributed by atoms with Crippen molar-refractivity contribution in [1.82, 2.24) is 4.98 Å². The maximum atomic E-state index is 13.5. The molecule has 1 unspecified atom stereocenters. The number of benzene rings is 2. The summed E-state index contributed by atoms with van der Waals surface area (Å²) in [7, 11) is 1.26. The van der Waals surface area contributed by atoms with Gasteiger partial charge in [-0.05, 0) is 62.2 Å². The van der Waals surface area contributed by atoms with Gasteiger partial charge in [0.15, 0.2) is 5.13 Å². The van der Waals surface area contributed by atoms with Crippen LogP contribution in [0.1, 0.15) is 69.6 Å². The lowest BCUT2D eigenvalue weighted by atomic mass is 9.94. The average molecular weight is 579 g/mol. The molecule has 1 aromatic heterocycles. The molecule has 1 fully saturated rings. The van der Waals surface area contributed by atoms with Crippen molar-refractivity contribution in [2.24, 2.45) is 0 Å². The van der Waals surface area contributed by atoms with Crippen molar-refractivity contribution in [1.29, 1.82) is 0 Å². The Morgan fingerprint density at radius 3 is 2.27 bits per heavy atom. The van der Waals surface area contributed by atoms with E-state index in [1.165, 1.54) is 19.2 Å². The smallest absolute Gasteiger partial charge is 0.350 e. The zero-order valence-electron chi connectivity index (χ0n) is 23.1. The van der Waals surface area contributed by atoms with E-state index in [1.54, 1.807) is 50.2 Å². The molecule has 2 aromatic carbocycles. The van der Waals surface area contributed by atoms with Gasteiger partial charge >= 0.3 is 17.8 Å². The Morgan fingerprint density at radius 1 is 1.00 bits per heavy atom. The average Bonchev–Trinajstić information content (AvgIpc) is 3.49. The summed E-state index contributed by atoms with van der Waals surface area (Å²) in [5.41, 5.74) is 1.18. The number of Topliss-reactive ketones (excluding diaryl/α,β-unsaturated/α-hetero) is 1. The summed E-state index contributed by atoms with van der Waals surface area (Å²) in [6.07, 6.45) is 1.88. The highest BCUT2D eigenvalue weighted by Gasteiger charge is 2.48. The summed E-state index contributed by atoms with van der Waals surface area (Å²) in [6, 6.07) is 11.6. The van der Waals surface area contributed by atoms with Crippen LogP contribution in [0, 0.1) is 6.92 Å². The highest BCUT2D eigenvalue weighted by atomic mass is 32.1. The zero-order chi connectivity index (χ0) is 29.7. The van der Waals surface area contributed by atoms with E-state index in [9.17, 15) is 24.3 Å². The monoisotopic (exact) mass is 578 g/mol. The molecule has 3 aromatic rings. The largest absolute Gasteiger partial charge is 0.507 e. The van der Waals surface area contributed by atoms with Crippen LogP contribution < -0.4 is 9.64 Å². The van der Waals surface area contributed by atoms with E-state index in [1.807, 2.05) is 0 Å². The predicted octanol–water partition coefficient (Wildman–Crippen LogP) is 5.22. The third-order valence-electron chi connectivity index (χ3n) is 6.44. The van der Waals surface area contributed by atoms with Gasteiger partial charge in [0.2, 0.25) is 0 Å². The van der Waals surface area contributed by atoms with Crippen LogP contribution in [0.3, 0.4) is 0 Å². The van der Waals surface area contributed by atoms with E-state index in [2.05, 4.69) is 11.9 Å². The number of nitrogens with zero attached hydrogens (tertiary/aromatic N) is 2. The number of thiazole rings is 1. The molecule has 4 rings (SSSR count). The lowest BCUT2D eigenvalue weighted by Gasteiger charge is -2.23. The van der Waals surface area contributed by atoms with Gasteiger partial charge in [-0.3, -0.25) is 14.5 Å². The Labute approximate surface area is 241 Å². The molecule has 214 valence electrons. The van der Waals surface area contributed by atoms with Crippen molar-refractivity contribution in [2.45, 2.75) is 39.7 Å². The van der Waals surface area contributed by atoms with Crippen LogP contribution in [-0.2, 0) is 19.1 Å². The van der Waals surface area contributed by atoms with Crippen LogP contribution in [0.4, 0.5) is 5.13 Å². The fourth-order valence-corrected chi connectivity index (χ4v) is 5.32. The second-order valence-corrected chi connectivity index (χ2v) is 10.1. The van der Waals surface area contributed by atoms with Crippen molar-refractivity contribution in [2.75, 3.05) is 25.2 Å². The highest BCUT2D eigenvalue weighted by Crippen LogP contribution is 2.44. The molecule has 0 aliphatic carbocycles. The molecule has 1 aliphatic heterocycles. The van der Waals surface area contributed by atoms with Gasteiger partial charge < -0.3 is 19.3 Å². The number of aryl methyl sites for hydroxylation is 1. The fourth-order valence-electron chi connectivity index (χ4n) is 4.33. The summed E-state index contributed by atoms with van der Waals surface area (Å²) in [5, 5.41) is 11.5. The molecule has 1 amide bonds. The van der Waals surface area contributed by atoms with E-state index in [4.69, 9.17) is 14.2 Å². The molecular formula is C30H30N2O8S. The summed E-state index contributed by atoms with van der Waals surface area (Å²) in [6.45, 7) is 6.05. The number of amides is 1. The summed E-state index contributed by atoms with van der Waals surface area (Å²) in [5.74, 6) is -2.76. The lowest BCUT2D eigenvalue weighted by molar-refractivity contribution is -0.132. The van der Waals surface area contributed by atoms with E-state index in [-0.39, 0.29) is 33.5 Å². The number of methoxy groups -OCH3 is 1. The van der Waals surface area contributed by atoms with Crippen LogP contribution in [0.2, 0.25) is 0 Å². The number of aliphatic hydroxyl groups is 1. The summed E-state index contributed by atoms with van der Waals surface area (Å²) >= 11 is 0.914. The normalized spacial score (nSPS) is 16.1. The molecule has 0 radical (unpaired) electrons. The molecule has 11 heteroatoms. The Balaban J connectivity index is 1.82. The summed E-state index contributed by atoms with van der Waals surface area (Å²) < 4.78 is 15.6. The number of unbranched alkanes of at least 4 members (excludes halogenated alkanes) is 1. The van der Waals surface area contributed by atoms with Gasteiger partial charge in [0.1, 0.15) is 16.4 Å². The van der Waals surface area contributed by atoms with Gasteiger partial charge in [-0.15, -0.1) is 0 Å². The number of ketones is 1. The maximum absolute atomic E-state index is 13.5. The molecule has 1 atom stereocenters. The highest BCUT2D eigenvalue weighted by molar-refractivity contribution is 7.17. The molecule has 1 N–H and O–H groups in total. The molecular weight excluding hydrogens is 548 g/mol. The minimum absolute atomic E-state index is 0.0911. The number of hydrogen-bond acceptors (Lipinski definition) is 10. The molecule has 0 spiro atoms. The number of aliphatic hydroxyl groups excluding tert-OH is 1. The first-order valence-electron chi connectivity index (χ1n) is 13.1. The van der Waals surface area contributed by atoms with E-state index in [0.29, 0.717) is 29.2 Å². The Morgan fingerprint density at radius 2 is 1.66 bits per heavy atom. The minimum Gasteiger partial charge on any atom is -0.507 e. The first kappa shape index (κ1) is 29.5. The minimum atomic E-state index is -1.09. The molecule has 0 saturated carbocycles. The molecule has 10 nitrogen and oxygen atoms in total. The van der Waals surface area contributed by atoms with Crippen LogP contribution >= 0.6 is 11.3 Å². The second kappa shape index (κ2) is 12.8. The van der Waals surface area contributed by atoms with Crippen LogP contribution in [0.5, 0.6) is 5.75 Å². The molecule has 41 heavy (non-hydrogen) atoms. The molecule has 1 saturated heterocycles. The van der Waals surface area contributed by atoms with Gasteiger partial charge in [0.05, 0.1) is 43.2 Å². The van der Waals surface area contributed by atoms with Gasteiger partial charge in [-0.25, -0.2) is 14.6 Å². The van der Waals surface area contributed by atoms with Crippen LogP contribution in [0.15, 0.2) is 54.1 Å². The Bertz CT molecular complexity index is 1490. The number of ether oxygens (including phenoxy) is 3. The van der Waals surface area contributed by atoms with Crippen LogP contribution in [-0.4, -0.2) is 54.0 Å². The van der Waals surface area contributed by atoms with E-state index < -0.39 is 29.7 Å². The first-order chi connectivity index (χ1) is 19.7. The zero-order valence-corrected chi connectivity index (χ0v) is 23.9. The summed E-state index contributed by atoms with van der Waals surface area (Å²) in [4.78, 5) is 57.1. The number of anilines is 1. The third-order valence-corrected chi connectivity index (χ3v) is 7.58. The number of esters is 2. The van der Waals surface area contributed by atoms with E-state index in [0.717, 1.165) is 29.1 Å². The van der Waals surface area contributed by atoms with E-state index >= 15 is 0 Å². The molecule has 1 aliphatic rings. The fraction of sp³-hybridized carbons (Fsp3) is 0.300. The topological polar surface area (TPSA) is 132 Å². The van der Waals surface area contributed by atoms with Gasteiger partial charge in [-0.2, -0.15) is 0 Å². The second-order valence-electron chi connectivity index (χ2n) is 9.14. The maximum Gasteiger partial charge on any atom is 0.350 e. The van der Waals surface area contributed by atoms with Gasteiger partial charge in [0.25, 0.3) is 5.78 Å². The number of aromatic nitrogens is 1. The van der Waals surface area contributed by atoms with Gasteiger partial charge in [0, 0.05) is 5.56 Å². The van der Waals surface area contributed by atoms with Crippen molar-refractivity contribution in [3.63, 3.8) is 0 Å². The first-order valence-corrected chi connectivity index (χ1v) is 13.9.